The van der Waals surface area contributed by atoms with Crippen molar-refractivity contribution in [1.82, 2.24) is 9.97 Å². The molecule has 0 spiro atoms. The monoisotopic (exact) mass is 220 g/mol. The highest BCUT2D eigenvalue weighted by molar-refractivity contribution is 7.09. The lowest BCUT2D eigenvalue weighted by Gasteiger charge is -2.03. The third kappa shape index (κ3) is 2.92. The van der Waals surface area contributed by atoms with Crippen molar-refractivity contribution in [2.45, 2.75) is 6.42 Å². The van der Waals surface area contributed by atoms with Gasteiger partial charge in [0.2, 0.25) is 5.95 Å². The topological polar surface area (TPSA) is 63.8 Å². The number of nitrogens with two attached hydrogens (primary N) is 1. The molecule has 0 bridgehead atoms. The molecule has 0 atom stereocenters. The van der Waals surface area contributed by atoms with Crippen LogP contribution in [0.2, 0.25) is 0 Å². The molecule has 0 aliphatic carbocycles. The Hall–Kier alpha value is -1.62. The van der Waals surface area contributed by atoms with E-state index in [0.29, 0.717) is 11.8 Å². The third-order valence-corrected chi connectivity index (χ3v) is 2.85. The number of thiophene rings is 1. The standard InChI is InChI=1S/C10H12N4S/c11-9-4-6-13-10(14-9)12-5-3-8-2-1-7-15-8/h1-2,4,6-7H,3,5H2,(H3,11,12,13,14). The molecule has 0 aromatic carbocycles. The van der Waals surface area contributed by atoms with E-state index in [4.69, 9.17) is 5.73 Å². The van der Waals surface area contributed by atoms with Gasteiger partial charge < -0.3 is 11.1 Å². The van der Waals surface area contributed by atoms with E-state index in [0.717, 1.165) is 13.0 Å². The van der Waals surface area contributed by atoms with Gasteiger partial charge >= 0.3 is 0 Å². The van der Waals surface area contributed by atoms with Gasteiger partial charge in [0, 0.05) is 17.6 Å². The predicted molar refractivity (Wildman–Crippen MR) is 63.0 cm³/mol. The van der Waals surface area contributed by atoms with Crippen LogP contribution in [0.5, 0.6) is 0 Å². The second-order valence-corrected chi connectivity index (χ2v) is 4.09. The van der Waals surface area contributed by atoms with Gasteiger partial charge in [-0.2, -0.15) is 4.98 Å². The van der Waals surface area contributed by atoms with Crippen LogP contribution in [0, 0.1) is 0 Å². The van der Waals surface area contributed by atoms with Crippen LogP contribution in [-0.4, -0.2) is 16.5 Å². The van der Waals surface area contributed by atoms with E-state index in [-0.39, 0.29) is 0 Å². The Morgan fingerprint density at radius 3 is 3.07 bits per heavy atom. The molecule has 15 heavy (non-hydrogen) atoms. The van der Waals surface area contributed by atoms with Crippen LogP contribution in [0.15, 0.2) is 29.8 Å². The highest BCUT2D eigenvalue weighted by atomic mass is 32.1. The number of hydrogen-bond donors (Lipinski definition) is 2. The van der Waals surface area contributed by atoms with Gasteiger partial charge in [0.1, 0.15) is 5.82 Å². The molecule has 0 radical (unpaired) electrons. The van der Waals surface area contributed by atoms with Gasteiger partial charge in [-0.3, -0.25) is 0 Å². The molecule has 0 saturated carbocycles. The first kappa shape index (κ1) is 9.92. The average Bonchev–Trinajstić information content (AvgIpc) is 2.71. The largest absolute Gasteiger partial charge is 0.384 e. The summed E-state index contributed by atoms with van der Waals surface area (Å²) in [5, 5.41) is 5.20. The molecule has 0 saturated heterocycles. The minimum Gasteiger partial charge on any atom is -0.384 e. The number of aromatic nitrogens is 2. The summed E-state index contributed by atoms with van der Waals surface area (Å²) in [6.45, 7) is 0.823. The number of nitrogen functional groups attached to an aromatic ring is 1. The molecule has 0 amide bonds. The van der Waals surface area contributed by atoms with Crippen LogP contribution in [0.25, 0.3) is 0 Å². The highest BCUT2D eigenvalue weighted by Gasteiger charge is 1.96. The number of anilines is 2. The fourth-order valence-electron chi connectivity index (χ4n) is 1.21. The summed E-state index contributed by atoms with van der Waals surface area (Å²) >= 11 is 1.76. The van der Waals surface area contributed by atoms with Gasteiger partial charge in [-0.05, 0) is 23.9 Å². The lowest BCUT2D eigenvalue weighted by molar-refractivity contribution is 1.00. The zero-order chi connectivity index (χ0) is 10.5. The van der Waals surface area contributed by atoms with Crippen molar-refractivity contribution in [3.05, 3.63) is 34.7 Å². The van der Waals surface area contributed by atoms with Crippen LogP contribution in [0.1, 0.15) is 4.88 Å². The summed E-state index contributed by atoms with van der Waals surface area (Å²) in [5.41, 5.74) is 5.54. The molecule has 0 aliphatic heterocycles. The van der Waals surface area contributed by atoms with Crippen molar-refractivity contribution in [1.29, 1.82) is 0 Å². The van der Waals surface area contributed by atoms with Crippen LogP contribution in [-0.2, 0) is 6.42 Å². The van der Waals surface area contributed by atoms with Gasteiger partial charge in [0.25, 0.3) is 0 Å². The van der Waals surface area contributed by atoms with Gasteiger partial charge in [0.15, 0.2) is 0 Å². The quantitative estimate of drug-likeness (QED) is 0.824. The Bertz CT molecular complexity index is 413. The molecular formula is C10H12N4S. The fraction of sp³-hybridized carbons (Fsp3) is 0.200. The molecule has 2 aromatic heterocycles. The van der Waals surface area contributed by atoms with E-state index >= 15 is 0 Å². The molecule has 78 valence electrons. The summed E-state index contributed by atoms with van der Waals surface area (Å²) in [4.78, 5) is 9.46. The molecule has 5 heteroatoms. The molecule has 0 unspecified atom stereocenters. The third-order valence-electron chi connectivity index (χ3n) is 1.91. The van der Waals surface area contributed by atoms with E-state index in [1.54, 1.807) is 23.6 Å². The second-order valence-electron chi connectivity index (χ2n) is 3.06. The van der Waals surface area contributed by atoms with Crippen molar-refractivity contribution in [3.8, 4) is 0 Å². The van der Waals surface area contributed by atoms with Crippen LogP contribution >= 0.6 is 11.3 Å². The van der Waals surface area contributed by atoms with E-state index in [2.05, 4.69) is 32.8 Å². The lowest BCUT2D eigenvalue weighted by atomic mass is 10.3. The Morgan fingerprint density at radius 2 is 2.33 bits per heavy atom. The maximum Gasteiger partial charge on any atom is 0.224 e. The first-order valence-electron chi connectivity index (χ1n) is 4.69. The maximum absolute atomic E-state index is 5.54. The predicted octanol–water partition coefficient (Wildman–Crippen LogP) is 1.77. The zero-order valence-corrected chi connectivity index (χ0v) is 9.00. The SMILES string of the molecule is Nc1ccnc(NCCc2cccs2)n1. The zero-order valence-electron chi connectivity index (χ0n) is 8.18. The maximum atomic E-state index is 5.54. The molecule has 2 heterocycles. The summed E-state index contributed by atoms with van der Waals surface area (Å²) in [7, 11) is 0. The van der Waals surface area contributed by atoms with Gasteiger partial charge in [-0.15, -0.1) is 11.3 Å². The number of nitrogens with one attached hydrogen (secondary N) is 1. The van der Waals surface area contributed by atoms with Crippen molar-refractivity contribution in [2.75, 3.05) is 17.6 Å². The summed E-state index contributed by atoms with van der Waals surface area (Å²) in [6, 6.07) is 5.84. The van der Waals surface area contributed by atoms with Crippen molar-refractivity contribution in [3.63, 3.8) is 0 Å². The minimum atomic E-state index is 0.489. The van der Waals surface area contributed by atoms with Crippen molar-refractivity contribution in [2.24, 2.45) is 0 Å². The molecule has 0 aliphatic rings. The molecular weight excluding hydrogens is 208 g/mol. The van der Waals surface area contributed by atoms with E-state index in [1.165, 1.54) is 4.88 Å². The molecule has 0 fully saturated rings. The smallest absolute Gasteiger partial charge is 0.224 e. The van der Waals surface area contributed by atoms with Crippen LogP contribution < -0.4 is 11.1 Å². The van der Waals surface area contributed by atoms with Crippen LogP contribution in [0.3, 0.4) is 0 Å². The molecule has 2 rings (SSSR count). The summed E-state index contributed by atoms with van der Waals surface area (Å²) in [6.07, 6.45) is 2.63. The Labute approximate surface area is 92.2 Å². The van der Waals surface area contributed by atoms with E-state index < -0.39 is 0 Å². The average molecular weight is 220 g/mol. The first-order valence-corrected chi connectivity index (χ1v) is 5.57. The van der Waals surface area contributed by atoms with Crippen LogP contribution in [0.4, 0.5) is 11.8 Å². The van der Waals surface area contributed by atoms with Gasteiger partial charge in [-0.1, -0.05) is 6.07 Å². The number of hydrogen-bond acceptors (Lipinski definition) is 5. The van der Waals surface area contributed by atoms with Gasteiger partial charge in [-0.25, -0.2) is 4.98 Å². The first-order chi connectivity index (χ1) is 7.34. The molecule has 3 N–H and O–H groups in total. The van der Waals surface area contributed by atoms with Crippen molar-refractivity contribution >= 4 is 23.1 Å². The Balaban J connectivity index is 1.83. The molecule has 2 aromatic rings. The highest BCUT2D eigenvalue weighted by Crippen LogP contribution is 2.09. The Morgan fingerprint density at radius 1 is 1.40 bits per heavy atom. The van der Waals surface area contributed by atoms with E-state index in [1.807, 2.05) is 0 Å². The van der Waals surface area contributed by atoms with Crippen molar-refractivity contribution < 1.29 is 0 Å². The normalized spacial score (nSPS) is 10.1. The second kappa shape index (κ2) is 4.75. The number of rotatable bonds is 4. The lowest BCUT2D eigenvalue weighted by Crippen LogP contribution is -2.07. The summed E-state index contributed by atoms with van der Waals surface area (Å²) < 4.78 is 0. The van der Waals surface area contributed by atoms with E-state index in [9.17, 15) is 0 Å². The number of nitrogens with zero attached hydrogens (tertiary/aromatic N) is 2. The summed E-state index contributed by atoms with van der Waals surface area (Å²) in [5.74, 6) is 1.08. The fourth-order valence-corrected chi connectivity index (χ4v) is 1.92. The molecule has 4 nitrogen and oxygen atoms in total. The minimum absolute atomic E-state index is 0.489. The Kier molecular flexibility index (Phi) is 3.14. The van der Waals surface area contributed by atoms with Gasteiger partial charge in [0.05, 0.1) is 0 Å².